The molecule has 0 saturated carbocycles. The van der Waals surface area contributed by atoms with Crippen molar-refractivity contribution in [1.82, 2.24) is 15.2 Å². The number of benzene rings is 1. The number of rotatable bonds is 8. The zero-order valence-electron chi connectivity index (χ0n) is 15.5. The van der Waals surface area contributed by atoms with Gasteiger partial charge in [-0.2, -0.15) is 0 Å². The SMILES string of the molecule is O=C(NC[C@@H](c1ccco1)N1CCCC1)c1ccc(OCc2cscn2)cc1. The standard InChI is InChI=1S/C21H23N3O3S/c25-21(16-5-7-18(8-6-16)27-13-17-14-28-15-23-17)22-12-19(20-4-3-11-26-20)24-9-1-2-10-24/h3-8,11,14-15,19H,1-2,9-10,12-13H2,(H,22,25)/t19-/m0/s1. The lowest BCUT2D eigenvalue weighted by Crippen LogP contribution is -2.36. The minimum Gasteiger partial charge on any atom is -0.487 e. The zero-order valence-corrected chi connectivity index (χ0v) is 16.4. The maximum absolute atomic E-state index is 12.6. The van der Waals surface area contributed by atoms with Crippen LogP contribution < -0.4 is 10.1 Å². The van der Waals surface area contributed by atoms with Crippen molar-refractivity contribution in [1.29, 1.82) is 0 Å². The Morgan fingerprint density at radius 1 is 1.25 bits per heavy atom. The number of amides is 1. The first-order valence-corrected chi connectivity index (χ1v) is 10.4. The molecule has 6 nitrogen and oxygen atoms in total. The maximum Gasteiger partial charge on any atom is 0.251 e. The van der Waals surface area contributed by atoms with Crippen LogP contribution in [0, 0.1) is 0 Å². The van der Waals surface area contributed by atoms with Crippen molar-refractivity contribution >= 4 is 17.2 Å². The Morgan fingerprint density at radius 2 is 2.07 bits per heavy atom. The van der Waals surface area contributed by atoms with E-state index in [2.05, 4.69) is 15.2 Å². The molecule has 1 fully saturated rings. The number of nitrogens with zero attached hydrogens (tertiary/aromatic N) is 2. The van der Waals surface area contributed by atoms with Gasteiger partial charge < -0.3 is 14.5 Å². The molecular formula is C21H23N3O3S. The maximum atomic E-state index is 12.6. The summed E-state index contributed by atoms with van der Waals surface area (Å²) in [5.74, 6) is 1.52. The fourth-order valence-corrected chi connectivity index (χ4v) is 3.95. The third-order valence-corrected chi connectivity index (χ3v) is 5.53. The number of thiazole rings is 1. The van der Waals surface area contributed by atoms with Gasteiger partial charge in [0, 0.05) is 17.5 Å². The number of carbonyl (C=O) groups excluding carboxylic acids is 1. The molecule has 1 aliphatic rings. The summed E-state index contributed by atoms with van der Waals surface area (Å²) >= 11 is 1.54. The Bertz CT molecular complexity index is 857. The molecule has 0 unspecified atom stereocenters. The van der Waals surface area contributed by atoms with Crippen molar-refractivity contribution in [3.8, 4) is 5.75 Å². The highest BCUT2D eigenvalue weighted by molar-refractivity contribution is 7.07. The van der Waals surface area contributed by atoms with E-state index in [9.17, 15) is 4.79 Å². The highest BCUT2D eigenvalue weighted by atomic mass is 32.1. The molecule has 1 amide bonds. The Balaban J connectivity index is 1.33. The molecule has 7 heteroatoms. The molecule has 2 aromatic heterocycles. The fourth-order valence-electron chi connectivity index (χ4n) is 3.40. The summed E-state index contributed by atoms with van der Waals surface area (Å²) in [4.78, 5) is 19.1. The molecule has 0 bridgehead atoms. The largest absolute Gasteiger partial charge is 0.487 e. The number of nitrogens with one attached hydrogen (secondary N) is 1. The molecule has 146 valence electrons. The van der Waals surface area contributed by atoms with E-state index in [1.165, 1.54) is 12.8 Å². The second-order valence-corrected chi connectivity index (χ2v) is 7.50. The first-order valence-electron chi connectivity index (χ1n) is 9.45. The average Bonchev–Trinajstić information content (AvgIpc) is 3.51. The predicted molar refractivity (Wildman–Crippen MR) is 107 cm³/mol. The summed E-state index contributed by atoms with van der Waals surface area (Å²) in [5.41, 5.74) is 3.29. The molecule has 1 N–H and O–H groups in total. The van der Waals surface area contributed by atoms with Crippen molar-refractivity contribution < 1.29 is 13.9 Å². The van der Waals surface area contributed by atoms with Crippen LogP contribution in [0.15, 0.2) is 58.0 Å². The third-order valence-electron chi connectivity index (χ3n) is 4.90. The molecule has 3 heterocycles. The minimum absolute atomic E-state index is 0.0715. The summed E-state index contributed by atoms with van der Waals surface area (Å²) in [6, 6.07) is 11.1. The van der Waals surface area contributed by atoms with Gasteiger partial charge in [-0.1, -0.05) is 0 Å². The van der Waals surface area contributed by atoms with Gasteiger partial charge in [0.15, 0.2) is 0 Å². The lowest BCUT2D eigenvalue weighted by atomic mass is 10.1. The van der Waals surface area contributed by atoms with Crippen LogP contribution in [0.1, 0.15) is 40.7 Å². The molecule has 4 rings (SSSR count). The van der Waals surface area contributed by atoms with Crippen molar-refractivity contribution in [3.05, 3.63) is 70.6 Å². The van der Waals surface area contributed by atoms with Crippen LogP contribution in [-0.2, 0) is 6.61 Å². The van der Waals surface area contributed by atoms with Gasteiger partial charge in [0.05, 0.1) is 23.5 Å². The van der Waals surface area contributed by atoms with Crippen LogP contribution in [0.3, 0.4) is 0 Å². The van der Waals surface area contributed by atoms with Crippen LogP contribution in [0.5, 0.6) is 5.75 Å². The van der Waals surface area contributed by atoms with Crippen LogP contribution in [-0.4, -0.2) is 35.4 Å². The number of hydrogen-bond acceptors (Lipinski definition) is 6. The number of hydrogen-bond donors (Lipinski definition) is 1. The average molecular weight is 398 g/mol. The fraction of sp³-hybridized carbons (Fsp3) is 0.333. The van der Waals surface area contributed by atoms with Gasteiger partial charge in [0.2, 0.25) is 0 Å². The van der Waals surface area contributed by atoms with Crippen LogP contribution >= 0.6 is 11.3 Å². The summed E-state index contributed by atoms with van der Waals surface area (Å²) in [6.45, 7) is 3.02. The van der Waals surface area contributed by atoms with Gasteiger partial charge in [-0.25, -0.2) is 4.98 Å². The summed E-state index contributed by atoms with van der Waals surface area (Å²) in [7, 11) is 0. The second kappa shape index (κ2) is 9.03. The highest BCUT2D eigenvalue weighted by Crippen LogP contribution is 2.25. The minimum atomic E-state index is -0.0956. The molecule has 1 aliphatic heterocycles. The normalized spacial score (nSPS) is 15.4. The van der Waals surface area contributed by atoms with E-state index in [-0.39, 0.29) is 11.9 Å². The van der Waals surface area contributed by atoms with Crippen LogP contribution in [0.4, 0.5) is 0 Å². The topological polar surface area (TPSA) is 67.6 Å². The van der Waals surface area contributed by atoms with Crippen LogP contribution in [0.25, 0.3) is 0 Å². The number of furan rings is 1. The van der Waals surface area contributed by atoms with E-state index in [0.717, 1.165) is 30.3 Å². The van der Waals surface area contributed by atoms with E-state index < -0.39 is 0 Å². The second-order valence-electron chi connectivity index (χ2n) is 6.78. The van der Waals surface area contributed by atoms with Gasteiger partial charge in [-0.05, 0) is 62.3 Å². The Morgan fingerprint density at radius 3 is 2.75 bits per heavy atom. The number of aromatic nitrogens is 1. The first kappa shape index (κ1) is 18.7. The highest BCUT2D eigenvalue weighted by Gasteiger charge is 2.26. The monoisotopic (exact) mass is 397 g/mol. The molecule has 3 aromatic rings. The smallest absolute Gasteiger partial charge is 0.251 e. The number of ether oxygens (including phenoxy) is 1. The molecule has 1 atom stereocenters. The van der Waals surface area contributed by atoms with E-state index >= 15 is 0 Å². The molecule has 0 aliphatic carbocycles. The number of carbonyl (C=O) groups is 1. The molecule has 1 saturated heterocycles. The van der Waals surface area contributed by atoms with Gasteiger partial charge in [0.1, 0.15) is 18.1 Å². The number of likely N-dealkylation sites (tertiary alicyclic amines) is 1. The summed E-state index contributed by atoms with van der Waals surface area (Å²) < 4.78 is 11.3. The lowest BCUT2D eigenvalue weighted by Gasteiger charge is -2.26. The van der Waals surface area contributed by atoms with Crippen LogP contribution in [0.2, 0.25) is 0 Å². The Kier molecular flexibility index (Phi) is 6.04. The molecule has 0 radical (unpaired) electrons. The summed E-state index contributed by atoms with van der Waals surface area (Å²) in [5, 5.41) is 5.00. The van der Waals surface area contributed by atoms with Gasteiger partial charge >= 0.3 is 0 Å². The predicted octanol–water partition coefficient (Wildman–Crippen LogP) is 3.88. The van der Waals surface area contributed by atoms with Crippen molar-refractivity contribution in [3.63, 3.8) is 0 Å². The van der Waals surface area contributed by atoms with Crippen molar-refractivity contribution in [2.75, 3.05) is 19.6 Å². The van der Waals surface area contributed by atoms with Gasteiger partial charge in [-0.15, -0.1) is 11.3 Å². The van der Waals surface area contributed by atoms with Gasteiger partial charge in [-0.3, -0.25) is 9.69 Å². The quantitative estimate of drug-likeness (QED) is 0.625. The Labute approximate surface area is 168 Å². The zero-order chi connectivity index (χ0) is 19.2. The van der Waals surface area contributed by atoms with Crippen molar-refractivity contribution in [2.24, 2.45) is 0 Å². The van der Waals surface area contributed by atoms with E-state index in [1.807, 2.05) is 29.6 Å². The van der Waals surface area contributed by atoms with E-state index in [1.54, 1.807) is 35.2 Å². The Hall–Kier alpha value is -2.64. The third kappa shape index (κ3) is 4.61. The molecule has 28 heavy (non-hydrogen) atoms. The van der Waals surface area contributed by atoms with E-state index in [4.69, 9.17) is 9.15 Å². The summed E-state index contributed by atoms with van der Waals surface area (Å²) in [6.07, 6.45) is 4.06. The van der Waals surface area contributed by atoms with Crippen molar-refractivity contribution in [2.45, 2.75) is 25.5 Å². The lowest BCUT2D eigenvalue weighted by molar-refractivity contribution is 0.0933. The van der Waals surface area contributed by atoms with E-state index in [0.29, 0.717) is 18.7 Å². The molecule has 1 aromatic carbocycles. The molecule has 0 spiro atoms. The van der Waals surface area contributed by atoms with Gasteiger partial charge in [0.25, 0.3) is 5.91 Å². The first-order chi connectivity index (χ1) is 13.8. The molecular weight excluding hydrogens is 374 g/mol.